The van der Waals surface area contributed by atoms with Gasteiger partial charge in [0.25, 0.3) is 5.91 Å². The lowest BCUT2D eigenvalue weighted by Crippen LogP contribution is -2.13. The second kappa shape index (κ2) is 6.24. The molecule has 0 aliphatic rings. The number of halogens is 3. The summed E-state index contributed by atoms with van der Waals surface area (Å²) in [5.74, 6) is -0.560. The van der Waals surface area contributed by atoms with E-state index in [0.29, 0.717) is 20.8 Å². The van der Waals surface area contributed by atoms with E-state index in [-0.39, 0.29) is 5.69 Å². The number of carbonyl (C=O) groups is 1. The van der Waals surface area contributed by atoms with Gasteiger partial charge in [0, 0.05) is 15.6 Å². The zero-order valence-corrected chi connectivity index (χ0v) is 12.8. The molecule has 0 heterocycles. The van der Waals surface area contributed by atoms with Crippen LogP contribution < -0.4 is 10.1 Å². The number of anilines is 1. The minimum absolute atomic E-state index is 0.0428. The van der Waals surface area contributed by atoms with E-state index in [1.54, 1.807) is 12.1 Å². The van der Waals surface area contributed by atoms with Gasteiger partial charge in [-0.15, -0.1) is 0 Å². The number of benzene rings is 2. The first-order valence-electron chi connectivity index (χ1n) is 5.61. The largest absolute Gasteiger partial charge is 0.497 e. The van der Waals surface area contributed by atoms with Crippen LogP contribution in [-0.4, -0.2) is 13.0 Å². The van der Waals surface area contributed by atoms with Gasteiger partial charge in [-0.1, -0.05) is 11.6 Å². The van der Waals surface area contributed by atoms with Gasteiger partial charge in [0.05, 0.1) is 18.4 Å². The molecule has 0 fully saturated rings. The summed E-state index contributed by atoms with van der Waals surface area (Å²) in [7, 11) is 1.46. The number of carbonyl (C=O) groups excluding carboxylic acids is 1. The first-order valence-corrected chi connectivity index (χ1v) is 6.78. The van der Waals surface area contributed by atoms with Crippen LogP contribution in [0.1, 0.15) is 10.4 Å². The van der Waals surface area contributed by atoms with Crippen molar-refractivity contribution in [3.63, 3.8) is 0 Å². The Hall–Kier alpha value is -1.59. The highest BCUT2D eigenvalue weighted by atomic mass is 79.9. The molecule has 0 unspecified atom stereocenters. The summed E-state index contributed by atoms with van der Waals surface area (Å²) in [6.07, 6.45) is 0. The average Bonchev–Trinajstić information content (AvgIpc) is 2.43. The van der Waals surface area contributed by atoms with Gasteiger partial charge in [-0.3, -0.25) is 4.79 Å². The fraction of sp³-hybridized carbons (Fsp3) is 0.0714. The zero-order valence-electron chi connectivity index (χ0n) is 10.4. The second-order valence-electron chi connectivity index (χ2n) is 3.92. The van der Waals surface area contributed by atoms with Gasteiger partial charge in [0.15, 0.2) is 0 Å². The second-order valence-corrected chi connectivity index (χ2v) is 5.21. The number of methoxy groups -OCH3 is 1. The lowest BCUT2D eigenvalue weighted by atomic mass is 10.2. The Kier molecular flexibility index (Phi) is 4.62. The Bertz CT molecular complexity index is 664. The molecule has 0 radical (unpaired) electrons. The van der Waals surface area contributed by atoms with Crippen molar-refractivity contribution in [3.05, 3.63) is 57.3 Å². The molecule has 3 nitrogen and oxygen atoms in total. The zero-order chi connectivity index (χ0) is 14.7. The Morgan fingerprint density at radius 1 is 1.30 bits per heavy atom. The standard InChI is InChI=1S/C14H10BrClFNO2/c1-20-9-3-5-12(17)13(7-9)18-14(19)10-6-8(16)2-4-11(10)15/h2-7H,1H3,(H,18,19). The molecule has 0 aliphatic carbocycles. The molecule has 0 aromatic heterocycles. The van der Waals surface area contributed by atoms with E-state index in [0.717, 1.165) is 0 Å². The van der Waals surface area contributed by atoms with E-state index < -0.39 is 11.7 Å². The van der Waals surface area contributed by atoms with Crippen LogP contribution in [0.2, 0.25) is 5.02 Å². The van der Waals surface area contributed by atoms with E-state index >= 15 is 0 Å². The first-order chi connectivity index (χ1) is 9.51. The van der Waals surface area contributed by atoms with Gasteiger partial charge in [0.1, 0.15) is 11.6 Å². The maximum Gasteiger partial charge on any atom is 0.256 e. The van der Waals surface area contributed by atoms with Crippen LogP contribution in [0.25, 0.3) is 0 Å². The summed E-state index contributed by atoms with van der Waals surface area (Å²) in [6, 6.07) is 8.90. The molecular weight excluding hydrogens is 349 g/mol. The highest BCUT2D eigenvalue weighted by Gasteiger charge is 2.13. The maximum atomic E-state index is 13.7. The van der Waals surface area contributed by atoms with Crippen LogP contribution in [0.15, 0.2) is 40.9 Å². The third kappa shape index (κ3) is 3.29. The number of ether oxygens (including phenoxy) is 1. The molecular formula is C14H10BrClFNO2. The molecule has 2 rings (SSSR count). The summed E-state index contributed by atoms with van der Waals surface area (Å²) in [5, 5.41) is 2.91. The predicted octanol–water partition coefficient (Wildman–Crippen LogP) is 4.50. The van der Waals surface area contributed by atoms with Crippen molar-refractivity contribution in [1.82, 2.24) is 0 Å². The van der Waals surface area contributed by atoms with Crippen molar-refractivity contribution in [1.29, 1.82) is 0 Å². The predicted molar refractivity (Wildman–Crippen MR) is 80.1 cm³/mol. The van der Waals surface area contributed by atoms with Gasteiger partial charge in [-0.2, -0.15) is 0 Å². The van der Waals surface area contributed by atoms with Gasteiger partial charge in [0.2, 0.25) is 0 Å². The molecule has 0 saturated heterocycles. The molecule has 2 aromatic carbocycles. The van der Waals surface area contributed by atoms with Crippen LogP contribution in [0, 0.1) is 5.82 Å². The van der Waals surface area contributed by atoms with Crippen LogP contribution >= 0.6 is 27.5 Å². The highest BCUT2D eigenvalue weighted by Crippen LogP contribution is 2.25. The summed E-state index contributed by atoms with van der Waals surface area (Å²) < 4.78 is 19.2. The molecule has 0 bridgehead atoms. The minimum atomic E-state index is -0.544. The summed E-state index contributed by atoms with van der Waals surface area (Å²) >= 11 is 9.10. The van der Waals surface area contributed by atoms with Crippen LogP contribution in [0.3, 0.4) is 0 Å². The van der Waals surface area contributed by atoms with E-state index in [1.807, 2.05) is 0 Å². The van der Waals surface area contributed by atoms with Gasteiger partial charge in [-0.05, 0) is 46.3 Å². The highest BCUT2D eigenvalue weighted by molar-refractivity contribution is 9.10. The van der Waals surface area contributed by atoms with Gasteiger partial charge >= 0.3 is 0 Å². The molecule has 0 atom stereocenters. The summed E-state index contributed by atoms with van der Waals surface area (Å²) in [5.41, 5.74) is 0.362. The fourth-order valence-corrected chi connectivity index (χ4v) is 2.19. The number of rotatable bonds is 3. The topological polar surface area (TPSA) is 38.3 Å². The first kappa shape index (κ1) is 14.8. The van der Waals surface area contributed by atoms with E-state index in [9.17, 15) is 9.18 Å². The third-order valence-electron chi connectivity index (χ3n) is 2.59. The van der Waals surface area contributed by atoms with Gasteiger partial charge in [-0.25, -0.2) is 4.39 Å². The van der Waals surface area contributed by atoms with E-state index in [1.165, 1.54) is 31.4 Å². The molecule has 20 heavy (non-hydrogen) atoms. The molecule has 0 saturated carbocycles. The fourth-order valence-electron chi connectivity index (χ4n) is 1.59. The van der Waals surface area contributed by atoms with Crippen LogP contribution in [-0.2, 0) is 0 Å². The molecule has 0 aliphatic heterocycles. The molecule has 1 N–H and O–H groups in total. The molecule has 1 amide bonds. The van der Waals surface area contributed by atoms with Gasteiger partial charge < -0.3 is 10.1 Å². The average molecular weight is 359 g/mol. The van der Waals surface area contributed by atoms with Crippen molar-refractivity contribution in [3.8, 4) is 5.75 Å². The third-order valence-corrected chi connectivity index (χ3v) is 3.52. The molecule has 0 spiro atoms. The number of nitrogens with one attached hydrogen (secondary N) is 1. The minimum Gasteiger partial charge on any atom is -0.497 e. The smallest absolute Gasteiger partial charge is 0.256 e. The van der Waals surface area contributed by atoms with Crippen molar-refractivity contribution in [2.75, 3.05) is 12.4 Å². The molecule has 104 valence electrons. The Labute approximate surface area is 128 Å². The monoisotopic (exact) mass is 357 g/mol. The lowest BCUT2D eigenvalue weighted by molar-refractivity contribution is 0.102. The molecule has 6 heteroatoms. The number of hydrogen-bond donors (Lipinski definition) is 1. The van der Waals surface area contributed by atoms with Crippen molar-refractivity contribution < 1.29 is 13.9 Å². The Morgan fingerprint density at radius 3 is 2.75 bits per heavy atom. The quantitative estimate of drug-likeness (QED) is 0.877. The summed E-state index contributed by atoms with van der Waals surface area (Å²) in [4.78, 5) is 12.1. The van der Waals surface area contributed by atoms with Crippen molar-refractivity contribution in [2.45, 2.75) is 0 Å². The number of amides is 1. The molecule has 2 aromatic rings. The van der Waals surface area contributed by atoms with Crippen LogP contribution in [0.5, 0.6) is 5.75 Å². The Morgan fingerprint density at radius 2 is 2.05 bits per heavy atom. The summed E-state index contributed by atoms with van der Waals surface area (Å²) in [6.45, 7) is 0. The van der Waals surface area contributed by atoms with Crippen LogP contribution in [0.4, 0.5) is 10.1 Å². The maximum absolute atomic E-state index is 13.7. The SMILES string of the molecule is COc1ccc(F)c(NC(=O)c2cc(Cl)ccc2Br)c1. The van der Waals surface area contributed by atoms with Crippen molar-refractivity contribution in [2.24, 2.45) is 0 Å². The van der Waals surface area contributed by atoms with E-state index in [4.69, 9.17) is 16.3 Å². The normalized spacial score (nSPS) is 10.2. The Balaban J connectivity index is 2.30. The number of hydrogen-bond acceptors (Lipinski definition) is 2. The van der Waals surface area contributed by atoms with E-state index in [2.05, 4.69) is 21.2 Å². The lowest BCUT2D eigenvalue weighted by Gasteiger charge is -2.09. The van der Waals surface area contributed by atoms with Crippen molar-refractivity contribution >= 4 is 39.1 Å².